The lowest BCUT2D eigenvalue weighted by atomic mass is 9.96. The van der Waals surface area contributed by atoms with Gasteiger partial charge in [-0.15, -0.1) is 0 Å². The standard InChI is InChI=1S/C18H19FN2O3/c1-12-14(8-10-24-12)18(23)21-9-4-5-13(11-21)17(22)20-16-7-3-2-6-15(16)19/h2-3,6-8,10,13H,4-5,9,11H2,1H3,(H,20,22)/t13-/m1/s1. The number of hydrogen-bond donors (Lipinski definition) is 1. The maximum Gasteiger partial charge on any atom is 0.257 e. The number of halogens is 1. The van der Waals surface area contributed by atoms with E-state index in [9.17, 15) is 14.0 Å². The van der Waals surface area contributed by atoms with Crippen LogP contribution in [-0.4, -0.2) is 29.8 Å². The van der Waals surface area contributed by atoms with Gasteiger partial charge in [0.25, 0.3) is 5.91 Å². The fourth-order valence-electron chi connectivity index (χ4n) is 2.95. The second kappa shape index (κ2) is 6.86. The van der Waals surface area contributed by atoms with E-state index in [4.69, 9.17) is 4.42 Å². The van der Waals surface area contributed by atoms with Gasteiger partial charge in [0, 0.05) is 13.1 Å². The molecule has 0 radical (unpaired) electrons. The molecule has 1 saturated heterocycles. The highest BCUT2D eigenvalue weighted by atomic mass is 19.1. The molecule has 1 atom stereocenters. The van der Waals surface area contributed by atoms with Crippen LogP contribution in [-0.2, 0) is 4.79 Å². The van der Waals surface area contributed by atoms with E-state index in [1.54, 1.807) is 30.0 Å². The number of carbonyl (C=O) groups is 2. The summed E-state index contributed by atoms with van der Waals surface area (Å²) in [6, 6.07) is 7.69. The van der Waals surface area contributed by atoms with Gasteiger partial charge in [0.15, 0.2) is 0 Å². The molecule has 2 aromatic rings. The minimum absolute atomic E-state index is 0.135. The monoisotopic (exact) mass is 330 g/mol. The molecule has 6 heteroatoms. The summed E-state index contributed by atoms with van der Waals surface area (Å²) in [7, 11) is 0. The molecule has 1 fully saturated rings. The van der Waals surface area contributed by atoms with Gasteiger partial charge in [-0.25, -0.2) is 4.39 Å². The van der Waals surface area contributed by atoms with E-state index in [-0.39, 0.29) is 23.4 Å². The molecular formula is C18H19FN2O3. The number of rotatable bonds is 3. The van der Waals surface area contributed by atoms with Gasteiger partial charge in [-0.1, -0.05) is 12.1 Å². The van der Waals surface area contributed by atoms with Crippen molar-refractivity contribution in [3.05, 3.63) is 53.7 Å². The minimum Gasteiger partial charge on any atom is -0.469 e. The van der Waals surface area contributed by atoms with Gasteiger partial charge in [0.05, 0.1) is 23.4 Å². The Hall–Kier alpha value is -2.63. The maximum absolute atomic E-state index is 13.7. The third-order valence-corrected chi connectivity index (χ3v) is 4.30. The first-order valence-electron chi connectivity index (χ1n) is 7.95. The highest BCUT2D eigenvalue weighted by Gasteiger charge is 2.30. The molecule has 2 heterocycles. The van der Waals surface area contributed by atoms with Crippen LogP contribution in [0.15, 0.2) is 41.0 Å². The fourth-order valence-corrected chi connectivity index (χ4v) is 2.95. The minimum atomic E-state index is -0.469. The van der Waals surface area contributed by atoms with Gasteiger partial charge >= 0.3 is 0 Å². The Balaban J connectivity index is 1.67. The Morgan fingerprint density at radius 3 is 2.79 bits per heavy atom. The van der Waals surface area contributed by atoms with E-state index in [1.165, 1.54) is 18.4 Å². The normalized spacial score (nSPS) is 17.6. The number of benzene rings is 1. The molecule has 2 amide bonds. The molecular weight excluding hydrogens is 311 g/mol. The molecule has 1 aliphatic heterocycles. The van der Waals surface area contributed by atoms with Crippen molar-refractivity contribution in [1.29, 1.82) is 0 Å². The molecule has 0 aliphatic carbocycles. The van der Waals surface area contributed by atoms with Crippen LogP contribution < -0.4 is 5.32 Å². The second-order valence-electron chi connectivity index (χ2n) is 5.95. The number of hydrogen-bond acceptors (Lipinski definition) is 3. The van der Waals surface area contributed by atoms with Crippen LogP contribution in [0.3, 0.4) is 0 Å². The lowest BCUT2D eigenvalue weighted by molar-refractivity contribution is -0.121. The number of nitrogens with zero attached hydrogens (tertiary/aromatic N) is 1. The Morgan fingerprint density at radius 1 is 1.29 bits per heavy atom. The number of para-hydroxylation sites is 1. The van der Waals surface area contributed by atoms with Crippen molar-refractivity contribution in [2.75, 3.05) is 18.4 Å². The summed E-state index contributed by atoms with van der Waals surface area (Å²) >= 11 is 0. The molecule has 1 N–H and O–H groups in total. The summed E-state index contributed by atoms with van der Waals surface area (Å²) in [4.78, 5) is 26.6. The maximum atomic E-state index is 13.7. The van der Waals surface area contributed by atoms with Crippen molar-refractivity contribution in [2.24, 2.45) is 5.92 Å². The van der Waals surface area contributed by atoms with E-state index in [0.29, 0.717) is 30.8 Å². The van der Waals surface area contributed by atoms with Gasteiger partial charge in [0.2, 0.25) is 5.91 Å². The summed E-state index contributed by atoms with van der Waals surface area (Å²) in [5, 5.41) is 2.62. The zero-order chi connectivity index (χ0) is 17.1. The van der Waals surface area contributed by atoms with E-state index in [0.717, 1.165) is 6.42 Å². The average molecular weight is 330 g/mol. The van der Waals surface area contributed by atoms with Gasteiger partial charge in [-0.05, 0) is 38.0 Å². The number of aryl methyl sites for hydroxylation is 1. The molecule has 1 aromatic heterocycles. The summed E-state index contributed by atoms with van der Waals surface area (Å²) in [6.07, 6.45) is 2.89. The van der Waals surface area contributed by atoms with Gasteiger partial charge < -0.3 is 14.6 Å². The number of carbonyl (C=O) groups excluding carboxylic acids is 2. The predicted octanol–water partition coefficient (Wildman–Crippen LogP) is 3.22. The number of furan rings is 1. The number of anilines is 1. The first-order chi connectivity index (χ1) is 11.6. The van der Waals surface area contributed by atoms with Crippen molar-refractivity contribution < 1.29 is 18.4 Å². The van der Waals surface area contributed by atoms with Crippen molar-refractivity contribution in [3.8, 4) is 0 Å². The van der Waals surface area contributed by atoms with Crippen LogP contribution in [0.4, 0.5) is 10.1 Å². The van der Waals surface area contributed by atoms with Gasteiger partial charge in [0.1, 0.15) is 11.6 Å². The lowest BCUT2D eigenvalue weighted by Crippen LogP contribution is -2.43. The smallest absolute Gasteiger partial charge is 0.257 e. The van der Waals surface area contributed by atoms with Crippen LogP contribution >= 0.6 is 0 Å². The highest BCUT2D eigenvalue weighted by Crippen LogP contribution is 2.22. The van der Waals surface area contributed by atoms with E-state index in [1.807, 2.05) is 0 Å². The van der Waals surface area contributed by atoms with Gasteiger partial charge in [-0.2, -0.15) is 0 Å². The third kappa shape index (κ3) is 3.32. The summed E-state index contributed by atoms with van der Waals surface area (Å²) in [5.74, 6) is -0.651. The third-order valence-electron chi connectivity index (χ3n) is 4.30. The average Bonchev–Trinajstić information content (AvgIpc) is 3.02. The highest BCUT2D eigenvalue weighted by molar-refractivity contribution is 5.96. The molecule has 24 heavy (non-hydrogen) atoms. The van der Waals surface area contributed by atoms with Crippen molar-refractivity contribution in [3.63, 3.8) is 0 Å². The molecule has 0 spiro atoms. The van der Waals surface area contributed by atoms with E-state index < -0.39 is 5.82 Å². The molecule has 3 rings (SSSR count). The Bertz CT molecular complexity index is 756. The van der Waals surface area contributed by atoms with Crippen molar-refractivity contribution in [2.45, 2.75) is 19.8 Å². The van der Waals surface area contributed by atoms with Crippen molar-refractivity contribution in [1.82, 2.24) is 4.90 Å². The first kappa shape index (κ1) is 16.2. The number of piperidine rings is 1. The van der Waals surface area contributed by atoms with Crippen molar-refractivity contribution >= 4 is 17.5 Å². The molecule has 1 aromatic carbocycles. The molecule has 5 nitrogen and oxygen atoms in total. The molecule has 0 saturated carbocycles. The van der Waals surface area contributed by atoms with Crippen LogP contribution in [0.5, 0.6) is 0 Å². The number of amides is 2. The van der Waals surface area contributed by atoms with Crippen LogP contribution in [0, 0.1) is 18.7 Å². The molecule has 0 bridgehead atoms. The summed E-state index contributed by atoms with van der Waals surface area (Å²) in [6.45, 7) is 2.66. The molecule has 1 aliphatic rings. The predicted molar refractivity (Wildman–Crippen MR) is 87.1 cm³/mol. The summed E-state index contributed by atoms with van der Waals surface area (Å²) < 4.78 is 18.8. The molecule has 0 unspecified atom stereocenters. The van der Waals surface area contributed by atoms with Gasteiger partial charge in [-0.3, -0.25) is 9.59 Å². The largest absolute Gasteiger partial charge is 0.469 e. The fraction of sp³-hybridized carbons (Fsp3) is 0.333. The lowest BCUT2D eigenvalue weighted by Gasteiger charge is -2.32. The van der Waals surface area contributed by atoms with E-state index in [2.05, 4.69) is 5.32 Å². The summed E-state index contributed by atoms with van der Waals surface area (Å²) in [5.41, 5.74) is 0.682. The number of nitrogens with one attached hydrogen (secondary N) is 1. The van der Waals surface area contributed by atoms with E-state index >= 15 is 0 Å². The Labute approximate surface area is 139 Å². The van der Waals surface area contributed by atoms with Crippen LogP contribution in [0.1, 0.15) is 29.0 Å². The zero-order valence-electron chi connectivity index (χ0n) is 13.4. The number of likely N-dealkylation sites (tertiary alicyclic amines) is 1. The topological polar surface area (TPSA) is 62.6 Å². The second-order valence-corrected chi connectivity index (χ2v) is 5.95. The van der Waals surface area contributed by atoms with Crippen LogP contribution in [0.25, 0.3) is 0 Å². The molecule has 126 valence electrons. The Morgan fingerprint density at radius 2 is 2.08 bits per heavy atom. The zero-order valence-corrected chi connectivity index (χ0v) is 13.4. The SMILES string of the molecule is Cc1occc1C(=O)N1CCC[C@@H](C(=O)Nc2ccccc2F)C1. The Kier molecular flexibility index (Phi) is 4.64. The van der Waals surface area contributed by atoms with Crippen LogP contribution in [0.2, 0.25) is 0 Å². The first-order valence-corrected chi connectivity index (χ1v) is 7.95. The quantitative estimate of drug-likeness (QED) is 0.940.